The second-order valence-corrected chi connectivity index (χ2v) is 9.01. The monoisotopic (exact) mass is 514 g/mol. The number of nitrogens with zero attached hydrogens (tertiary/aromatic N) is 2. The van der Waals surface area contributed by atoms with Crippen LogP contribution in [0.1, 0.15) is 46.4 Å². The van der Waals surface area contributed by atoms with Gasteiger partial charge in [-0.3, -0.25) is 0 Å². The van der Waals surface area contributed by atoms with Gasteiger partial charge in [0.05, 0.1) is 30.3 Å². The number of carbonyl (C=O) groups excluding carboxylic acids is 1. The molecule has 3 aromatic rings. The molecule has 1 spiro atoms. The molecule has 3 aliphatic rings. The Hall–Kier alpha value is -2.62. The second kappa shape index (κ2) is 9.11. The molecule has 2 fully saturated rings. The quantitative estimate of drug-likeness (QED) is 0.202. The van der Waals surface area contributed by atoms with Gasteiger partial charge in [0.2, 0.25) is 0 Å². The Balaban J connectivity index is 0.00000124. The number of esters is 1. The van der Waals surface area contributed by atoms with Crippen molar-refractivity contribution in [2.45, 2.75) is 43.3 Å². The predicted octanol–water partition coefficient (Wildman–Crippen LogP) is 5.57. The van der Waals surface area contributed by atoms with Gasteiger partial charge < -0.3 is 9.47 Å². The molecule has 9 heteroatoms. The molecule has 6 rings (SSSR count). The number of thiol groups is 2. The number of fused-ring (bicyclic) bond motifs is 1. The van der Waals surface area contributed by atoms with E-state index in [-0.39, 0.29) is 22.6 Å². The summed E-state index contributed by atoms with van der Waals surface area (Å²) < 4.78 is 40.2. The normalized spacial score (nSPS) is 23.3. The van der Waals surface area contributed by atoms with E-state index in [0.29, 0.717) is 6.42 Å². The molecule has 1 saturated heterocycles. The number of rotatable bonds is 5. The van der Waals surface area contributed by atoms with Crippen molar-refractivity contribution in [3.8, 4) is 5.69 Å². The summed E-state index contributed by atoms with van der Waals surface area (Å²) in [7, 11) is 1.30. The van der Waals surface area contributed by atoms with Crippen LogP contribution in [0, 0.1) is 11.6 Å². The van der Waals surface area contributed by atoms with Gasteiger partial charge in [-0.25, -0.2) is 18.3 Å². The highest BCUT2D eigenvalue weighted by Crippen LogP contribution is 2.67. The van der Waals surface area contributed by atoms with E-state index in [4.69, 9.17) is 9.47 Å². The zero-order valence-electron chi connectivity index (χ0n) is 19.0. The number of epoxide rings is 1. The maximum Gasteiger partial charge on any atom is 0.338 e. The van der Waals surface area contributed by atoms with Crippen LogP contribution in [0.25, 0.3) is 11.8 Å². The van der Waals surface area contributed by atoms with Crippen LogP contribution in [0.5, 0.6) is 0 Å². The van der Waals surface area contributed by atoms with E-state index < -0.39 is 11.8 Å². The number of aromatic nitrogens is 2. The van der Waals surface area contributed by atoms with Crippen LogP contribution in [0.15, 0.2) is 54.2 Å². The van der Waals surface area contributed by atoms with E-state index in [9.17, 15) is 13.6 Å². The van der Waals surface area contributed by atoms with Crippen molar-refractivity contribution < 1.29 is 23.0 Å². The number of methoxy groups -OCH3 is 1. The smallest absolute Gasteiger partial charge is 0.338 e. The highest BCUT2D eigenvalue weighted by Gasteiger charge is 2.74. The molecule has 2 atom stereocenters. The number of hydrogen-bond acceptors (Lipinski definition) is 6. The number of carbonyl (C=O) groups is 1. The van der Waals surface area contributed by atoms with Crippen molar-refractivity contribution in [1.82, 2.24) is 9.78 Å². The topological polar surface area (TPSA) is 56.6 Å². The molecule has 182 valence electrons. The molecule has 2 heterocycles. The number of ether oxygens (including phenoxy) is 2. The lowest BCUT2D eigenvalue weighted by Gasteiger charge is -2.20. The highest BCUT2D eigenvalue weighted by molar-refractivity contribution is 8.59. The fourth-order valence-corrected chi connectivity index (χ4v) is 5.64. The Morgan fingerprint density at radius 2 is 1.91 bits per heavy atom. The summed E-state index contributed by atoms with van der Waals surface area (Å²) in [5, 5.41) is 4.55. The van der Waals surface area contributed by atoms with Crippen LogP contribution in [0.4, 0.5) is 8.78 Å². The van der Waals surface area contributed by atoms with E-state index in [1.165, 1.54) is 36.9 Å². The molecule has 1 saturated carbocycles. The highest BCUT2D eigenvalue weighted by atomic mass is 33.1. The Labute approximate surface area is 212 Å². The lowest BCUT2D eigenvalue weighted by Crippen LogP contribution is -2.27. The predicted molar refractivity (Wildman–Crippen MR) is 135 cm³/mol. The number of aryl methyl sites for hydroxylation is 1. The lowest BCUT2D eigenvalue weighted by molar-refractivity contribution is 0.0598. The maximum absolute atomic E-state index is 13.7. The first kappa shape index (κ1) is 24.1. The van der Waals surface area contributed by atoms with Crippen molar-refractivity contribution in [1.29, 1.82) is 0 Å². The summed E-state index contributed by atoms with van der Waals surface area (Å²) in [6.07, 6.45) is 7.94. The zero-order valence-corrected chi connectivity index (χ0v) is 20.8. The molecule has 0 amide bonds. The maximum atomic E-state index is 13.7. The second-order valence-electron chi connectivity index (χ2n) is 9.01. The van der Waals surface area contributed by atoms with Gasteiger partial charge in [-0.05, 0) is 79.3 Å². The van der Waals surface area contributed by atoms with E-state index in [2.05, 4.69) is 34.5 Å². The first-order valence-electron chi connectivity index (χ1n) is 11.3. The van der Waals surface area contributed by atoms with Gasteiger partial charge in [0, 0.05) is 12.0 Å². The molecule has 5 nitrogen and oxygen atoms in total. The summed E-state index contributed by atoms with van der Waals surface area (Å²) in [5.74, 6) is -1.27. The van der Waals surface area contributed by atoms with Crippen LogP contribution < -0.4 is 0 Å². The van der Waals surface area contributed by atoms with E-state index in [0.717, 1.165) is 48.2 Å². The Morgan fingerprint density at radius 1 is 1.17 bits per heavy atom. The van der Waals surface area contributed by atoms with Gasteiger partial charge in [-0.15, -0.1) is 23.3 Å². The van der Waals surface area contributed by atoms with Crippen molar-refractivity contribution >= 4 is 35.4 Å². The minimum absolute atomic E-state index is 0.267. The number of benzene rings is 2. The zero-order chi connectivity index (χ0) is 24.8. The molecule has 0 N–H and O–H groups in total. The Kier molecular flexibility index (Phi) is 6.27. The molecule has 1 aliphatic heterocycles. The van der Waals surface area contributed by atoms with Gasteiger partial charge in [0.15, 0.2) is 0 Å². The molecular weight excluding hydrogens is 490 g/mol. The van der Waals surface area contributed by atoms with Crippen molar-refractivity contribution in [3.05, 3.63) is 88.3 Å². The Bertz CT molecular complexity index is 1320. The van der Waals surface area contributed by atoms with Crippen LogP contribution in [0.3, 0.4) is 0 Å². The summed E-state index contributed by atoms with van der Waals surface area (Å²) in [6.45, 7) is 0. The molecule has 35 heavy (non-hydrogen) atoms. The first-order valence-corrected chi connectivity index (χ1v) is 12.9. The molecule has 0 radical (unpaired) electrons. The van der Waals surface area contributed by atoms with E-state index >= 15 is 0 Å². The van der Waals surface area contributed by atoms with E-state index in [1.807, 2.05) is 10.9 Å². The Morgan fingerprint density at radius 3 is 2.66 bits per heavy atom. The van der Waals surface area contributed by atoms with E-state index in [1.54, 1.807) is 18.2 Å². The molecule has 1 aromatic heterocycles. The minimum atomic E-state index is -0.532. The van der Waals surface area contributed by atoms with Gasteiger partial charge in [-0.1, -0.05) is 6.07 Å². The average Bonchev–Trinajstić information content (AvgIpc) is 3.15. The summed E-state index contributed by atoms with van der Waals surface area (Å²) in [5.41, 5.74) is 4.61. The molecule has 1 unspecified atom stereocenters. The van der Waals surface area contributed by atoms with Gasteiger partial charge >= 0.3 is 5.97 Å². The standard InChI is InChI=1S/C26H22F2N2O3.H2S2/c1-32-24(31)22-13-20(28)3-2-16(22)8-10-25-11-9-18-12-23-17(14-26(18,25)33-25)15-29-30(23)21-6-4-19(27)5-7-21;1-2/h2-7,12-13,15H,8-11,14H2,1H3;1-2H/t25-,26?;/m0./s1. The van der Waals surface area contributed by atoms with Gasteiger partial charge in [0.25, 0.3) is 0 Å². The fourth-order valence-electron chi connectivity index (χ4n) is 5.64. The van der Waals surface area contributed by atoms with Crippen LogP contribution in [0.2, 0.25) is 0 Å². The third-order valence-electron chi connectivity index (χ3n) is 7.36. The van der Waals surface area contributed by atoms with Crippen molar-refractivity contribution in [3.63, 3.8) is 0 Å². The summed E-state index contributed by atoms with van der Waals surface area (Å²) in [4.78, 5) is 12.1. The number of halogens is 2. The van der Waals surface area contributed by atoms with Crippen molar-refractivity contribution in [2.75, 3.05) is 7.11 Å². The summed E-state index contributed by atoms with van der Waals surface area (Å²) >= 11 is 6.44. The van der Waals surface area contributed by atoms with Crippen LogP contribution in [-0.4, -0.2) is 34.1 Å². The van der Waals surface area contributed by atoms with Gasteiger partial charge in [-0.2, -0.15) is 5.10 Å². The molecule has 2 aromatic carbocycles. The first-order chi connectivity index (χ1) is 16.9. The van der Waals surface area contributed by atoms with Gasteiger partial charge in [0.1, 0.15) is 22.8 Å². The summed E-state index contributed by atoms with van der Waals surface area (Å²) in [6, 6.07) is 10.6. The number of hydrogen-bond donors (Lipinski definition) is 2. The third kappa shape index (κ3) is 3.90. The molecule has 2 aliphatic carbocycles. The molecule has 0 bridgehead atoms. The average molecular weight is 515 g/mol. The minimum Gasteiger partial charge on any atom is -0.465 e. The third-order valence-corrected chi connectivity index (χ3v) is 7.36. The fraction of sp³-hybridized carbons (Fsp3) is 0.308. The lowest BCUT2D eigenvalue weighted by atomic mass is 9.81. The van der Waals surface area contributed by atoms with Crippen LogP contribution in [-0.2, 0) is 22.3 Å². The van der Waals surface area contributed by atoms with Crippen LogP contribution >= 0.6 is 23.3 Å². The molecular formula is C26H24F2N2O3S2. The SMILES string of the molecule is COC(=O)c1cc(F)ccc1CC[C@]12CCC3=Cc4c(cnn4-c4ccc(F)cc4)CC31O2.SS. The largest absolute Gasteiger partial charge is 0.465 e. The van der Waals surface area contributed by atoms with Crippen molar-refractivity contribution in [2.24, 2.45) is 0 Å².